The molecule has 1 aliphatic heterocycles. The Morgan fingerprint density at radius 3 is 2.95 bits per heavy atom. The van der Waals surface area contributed by atoms with Crippen LogP contribution >= 0.6 is 0 Å². The molecule has 0 aliphatic carbocycles. The van der Waals surface area contributed by atoms with Crippen molar-refractivity contribution in [1.29, 1.82) is 0 Å². The molecule has 7 heteroatoms. The number of para-hydroxylation sites is 1. The predicted octanol–water partition coefficient (Wildman–Crippen LogP) is 2.22. The Balaban J connectivity index is 1.99. The quantitative estimate of drug-likeness (QED) is 0.905. The van der Waals surface area contributed by atoms with Crippen LogP contribution in [0.4, 0.5) is 0 Å². The molecule has 1 aromatic heterocycles. The third-order valence-corrected chi connectivity index (χ3v) is 3.37. The molecule has 1 N–H and O–H groups in total. The number of hydrogen-bond donors (Lipinski definition) is 1. The number of aromatic nitrogens is 1. The van der Waals surface area contributed by atoms with Gasteiger partial charge in [-0.25, -0.2) is 4.79 Å². The molecule has 116 valence electrons. The van der Waals surface area contributed by atoms with E-state index in [1.54, 1.807) is 25.3 Å². The average molecular weight is 305 g/mol. The number of methoxy groups -OCH3 is 1. The van der Waals surface area contributed by atoms with Gasteiger partial charge in [0.2, 0.25) is 0 Å². The Bertz CT molecular complexity index is 674. The first kappa shape index (κ1) is 14.4. The summed E-state index contributed by atoms with van der Waals surface area (Å²) in [5, 5.41) is 12.5. The zero-order chi connectivity index (χ0) is 15.5. The molecule has 1 aromatic carbocycles. The minimum Gasteiger partial charge on any atom is -0.493 e. The lowest BCUT2D eigenvalue weighted by Crippen LogP contribution is -2.16. The molecule has 2 aromatic rings. The highest BCUT2D eigenvalue weighted by atomic mass is 16.6. The smallest absolute Gasteiger partial charge is 0.358 e. The summed E-state index contributed by atoms with van der Waals surface area (Å²) in [7, 11) is 1.54. The van der Waals surface area contributed by atoms with Crippen LogP contribution in [0.25, 0.3) is 11.3 Å². The van der Waals surface area contributed by atoms with Gasteiger partial charge in [-0.15, -0.1) is 0 Å². The molecule has 1 atom stereocenters. The van der Waals surface area contributed by atoms with Gasteiger partial charge in [0.25, 0.3) is 0 Å². The third-order valence-electron chi connectivity index (χ3n) is 3.37. The van der Waals surface area contributed by atoms with E-state index in [9.17, 15) is 4.79 Å². The second-order valence-corrected chi connectivity index (χ2v) is 4.82. The zero-order valence-corrected chi connectivity index (χ0v) is 11.9. The van der Waals surface area contributed by atoms with Crippen LogP contribution in [0.5, 0.6) is 11.5 Å². The number of carbonyl (C=O) groups is 1. The summed E-state index contributed by atoms with van der Waals surface area (Å²) in [5.74, 6) is 0.195. The molecule has 0 saturated carbocycles. The van der Waals surface area contributed by atoms with Gasteiger partial charge >= 0.3 is 5.97 Å². The van der Waals surface area contributed by atoms with Crippen LogP contribution < -0.4 is 9.47 Å². The summed E-state index contributed by atoms with van der Waals surface area (Å²) in [6, 6.07) is 6.66. The standard InChI is InChI=1S/C15H15NO6/c1-19-12-4-2-3-10(13-7-11(15(17)18)16-22-13)14(12)21-9-5-6-20-8-9/h2-4,7,9H,5-6,8H2,1H3,(H,17,18). The molecule has 2 heterocycles. The van der Waals surface area contributed by atoms with Crippen molar-refractivity contribution in [1.82, 2.24) is 5.16 Å². The monoisotopic (exact) mass is 305 g/mol. The van der Waals surface area contributed by atoms with Gasteiger partial charge in [-0.2, -0.15) is 0 Å². The van der Waals surface area contributed by atoms with Crippen molar-refractivity contribution in [2.45, 2.75) is 12.5 Å². The van der Waals surface area contributed by atoms with E-state index < -0.39 is 5.97 Å². The van der Waals surface area contributed by atoms with Crippen LogP contribution in [0.15, 0.2) is 28.8 Å². The molecule has 22 heavy (non-hydrogen) atoms. The highest BCUT2D eigenvalue weighted by Crippen LogP contribution is 2.39. The predicted molar refractivity (Wildman–Crippen MR) is 75.3 cm³/mol. The molecule has 1 unspecified atom stereocenters. The van der Waals surface area contributed by atoms with E-state index in [0.29, 0.717) is 36.0 Å². The van der Waals surface area contributed by atoms with Gasteiger partial charge in [0.1, 0.15) is 6.10 Å². The summed E-state index contributed by atoms with van der Waals surface area (Å²) >= 11 is 0. The molecule has 1 saturated heterocycles. The lowest BCUT2D eigenvalue weighted by molar-refractivity contribution is 0.0686. The normalized spacial score (nSPS) is 17.4. The lowest BCUT2D eigenvalue weighted by atomic mass is 10.1. The Kier molecular flexibility index (Phi) is 3.97. The SMILES string of the molecule is COc1cccc(-c2cc(C(=O)O)no2)c1OC1CCOC1. The Morgan fingerprint density at radius 1 is 1.45 bits per heavy atom. The maximum Gasteiger partial charge on any atom is 0.358 e. The van der Waals surface area contributed by atoms with Crippen molar-refractivity contribution in [3.05, 3.63) is 30.0 Å². The Labute approximate surface area is 126 Å². The first-order valence-corrected chi connectivity index (χ1v) is 6.81. The van der Waals surface area contributed by atoms with Crippen LogP contribution in [0.1, 0.15) is 16.9 Å². The molecule has 0 spiro atoms. The molecule has 0 radical (unpaired) electrons. The molecule has 3 rings (SSSR count). The second-order valence-electron chi connectivity index (χ2n) is 4.82. The number of aromatic carboxylic acids is 1. The minimum atomic E-state index is -1.15. The molecular weight excluding hydrogens is 290 g/mol. The summed E-state index contributed by atoms with van der Waals surface area (Å²) in [6.45, 7) is 1.16. The van der Waals surface area contributed by atoms with Gasteiger partial charge < -0.3 is 23.8 Å². The Morgan fingerprint density at radius 2 is 2.32 bits per heavy atom. The minimum absolute atomic E-state index is 0.0723. The average Bonchev–Trinajstić information content (AvgIpc) is 3.18. The van der Waals surface area contributed by atoms with E-state index in [2.05, 4.69) is 5.16 Å². The highest BCUT2D eigenvalue weighted by molar-refractivity contribution is 5.87. The zero-order valence-electron chi connectivity index (χ0n) is 11.9. The van der Waals surface area contributed by atoms with Gasteiger partial charge in [-0.1, -0.05) is 11.2 Å². The lowest BCUT2D eigenvalue weighted by Gasteiger charge is -2.17. The second kappa shape index (κ2) is 6.07. The fraction of sp³-hybridized carbons (Fsp3) is 0.333. The van der Waals surface area contributed by atoms with Gasteiger partial charge in [-0.3, -0.25) is 0 Å². The summed E-state index contributed by atoms with van der Waals surface area (Å²) in [5.41, 5.74) is 0.430. The van der Waals surface area contributed by atoms with Crippen LogP contribution in [0, 0.1) is 0 Å². The number of carboxylic acid groups (broad SMARTS) is 1. The van der Waals surface area contributed by atoms with Crippen molar-refractivity contribution in [2.75, 3.05) is 20.3 Å². The van der Waals surface area contributed by atoms with Crippen molar-refractivity contribution >= 4 is 5.97 Å². The fourth-order valence-corrected chi connectivity index (χ4v) is 2.27. The van der Waals surface area contributed by atoms with E-state index in [0.717, 1.165) is 6.42 Å². The largest absolute Gasteiger partial charge is 0.493 e. The summed E-state index contributed by atoms with van der Waals surface area (Å²) in [6.07, 6.45) is 0.714. The van der Waals surface area contributed by atoms with E-state index in [4.69, 9.17) is 23.8 Å². The van der Waals surface area contributed by atoms with E-state index in [-0.39, 0.29) is 11.8 Å². The van der Waals surface area contributed by atoms with Crippen molar-refractivity contribution in [3.8, 4) is 22.8 Å². The number of rotatable bonds is 5. The maximum absolute atomic E-state index is 10.9. The van der Waals surface area contributed by atoms with E-state index in [1.165, 1.54) is 6.07 Å². The number of nitrogens with zero attached hydrogens (tertiary/aromatic N) is 1. The molecule has 0 bridgehead atoms. The van der Waals surface area contributed by atoms with Crippen LogP contribution in [-0.2, 0) is 4.74 Å². The van der Waals surface area contributed by atoms with Crippen molar-refractivity contribution < 1.29 is 28.6 Å². The van der Waals surface area contributed by atoms with Crippen molar-refractivity contribution in [2.24, 2.45) is 0 Å². The molecule has 7 nitrogen and oxygen atoms in total. The van der Waals surface area contributed by atoms with Crippen LogP contribution in [0.2, 0.25) is 0 Å². The van der Waals surface area contributed by atoms with Crippen LogP contribution in [0.3, 0.4) is 0 Å². The highest BCUT2D eigenvalue weighted by Gasteiger charge is 2.23. The van der Waals surface area contributed by atoms with E-state index in [1.807, 2.05) is 0 Å². The van der Waals surface area contributed by atoms with Crippen molar-refractivity contribution in [3.63, 3.8) is 0 Å². The van der Waals surface area contributed by atoms with Gasteiger partial charge in [-0.05, 0) is 12.1 Å². The van der Waals surface area contributed by atoms with E-state index >= 15 is 0 Å². The number of hydrogen-bond acceptors (Lipinski definition) is 6. The fourth-order valence-electron chi connectivity index (χ4n) is 2.27. The Hall–Kier alpha value is -2.54. The van der Waals surface area contributed by atoms with Crippen LogP contribution in [-0.4, -0.2) is 42.7 Å². The topological polar surface area (TPSA) is 91.0 Å². The van der Waals surface area contributed by atoms with Gasteiger partial charge in [0, 0.05) is 12.5 Å². The third kappa shape index (κ3) is 2.75. The molecular formula is C15H15NO6. The first-order chi connectivity index (χ1) is 10.7. The molecule has 1 fully saturated rings. The number of benzene rings is 1. The molecule has 0 amide bonds. The number of ether oxygens (including phenoxy) is 3. The number of carboxylic acids is 1. The summed E-state index contributed by atoms with van der Waals surface area (Å²) < 4.78 is 21.7. The van der Waals surface area contributed by atoms with Gasteiger partial charge in [0.15, 0.2) is 23.0 Å². The van der Waals surface area contributed by atoms with Gasteiger partial charge in [0.05, 0.1) is 25.9 Å². The first-order valence-electron chi connectivity index (χ1n) is 6.81. The molecule has 1 aliphatic rings. The maximum atomic E-state index is 10.9. The summed E-state index contributed by atoms with van der Waals surface area (Å²) in [4.78, 5) is 10.9.